The maximum Gasteiger partial charge on any atom is 0.134 e. The third-order valence-electron chi connectivity index (χ3n) is 2.82. The van der Waals surface area contributed by atoms with Crippen molar-refractivity contribution in [1.29, 1.82) is 0 Å². The summed E-state index contributed by atoms with van der Waals surface area (Å²) in [7, 11) is 0. The fourth-order valence-electron chi connectivity index (χ4n) is 2.02. The van der Waals surface area contributed by atoms with Crippen molar-refractivity contribution in [2.45, 2.75) is 25.0 Å². The predicted molar refractivity (Wildman–Crippen MR) is 52.3 cm³/mol. The molecular formula is C11H12F3NO. The van der Waals surface area contributed by atoms with Crippen LogP contribution in [0, 0.1) is 17.5 Å². The van der Waals surface area contributed by atoms with Crippen LogP contribution in [0.4, 0.5) is 13.2 Å². The van der Waals surface area contributed by atoms with Crippen LogP contribution in [0.15, 0.2) is 12.1 Å². The smallest absolute Gasteiger partial charge is 0.134 e. The Labute approximate surface area is 91.1 Å². The number of nitrogens with one attached hydrogen (secondary N) is 1. The van der Waals surface area contributed by atoms with Crippen molar-refractivity contribution in [2.24, 2.45) is 0 Å². The Morgan fingerprint density at radius 2 is 1.88 bits per heavy atom. The van der Waals surface area contributed by atoms with Gasteiger partial charge < -0.3 is 10.4 Å². The van der Waals surface area contributed by atoms with Gasteiger partial charge in [0.25, 0.3) is 0 Å². The molecule has 1 saturated heterocycles. The summed E-state index contributed by atoms with van der Waals surface area (Å²) in [6, 6.07) is 0.794. The van der Waals surface area contributed by atoms with Gasteiger partial charge in [-0.05, 0) is 19.4 Å². The molecular weight excluding hydrogens is 219 g/mol. The van der Waals surface area contributed by atoms with E-state index in [0.717, 1.165) is 6.42 Å². The summed E-state index contributed by atoms with van der Waals surface area (Å²) in [5, 5.41) is 12.8. The molecule has 1 aliphatic heterocycles. The van der Waals surface area contributed by atoms with Crippen molar-refractivity contribution in [3.8, 4) is 0 Å². The summed E-state index contributed by atoms with van der Waals surface area (Å²) < 4.78 is 39.4. The van der Waals surface area contributed by atoms with E-state index in [1.54, 1.807) is 0 Å². The van der Waals surface area contributed by atoms with Gasteiger partial charge in [0.05, 0.1) is 11.7 Å². The molecule has 2 rings (SSSR count). The van der Waals surface area contributed by atoms with Gasteiger partial charge in [-0.1, -0.05) is 0 Å². The lowest BCUT2D eigenvalue weighted by molar-refractivity contribution is 0.128. The monoisotopic (exact) mass is 231 g/mol. The minimum absolute atomic E-state index is 0.366. The molecule has 2 atom stereocenters. The van der Waals surface area contributed by atoms with Gasteiger partial charge in [-0.2, -0.15) is 0 Å². The van der Waals surface area contributed by atoms with Crippen LogP contribution < -0.4 is 5.32 Å². The van der Waals surface area contributed by atoms with Gasteiger partial charge in [-0.3, -0.25) is 0 Å². The highest BCUT2D eigenvalue weighted by Gasteiger charge is 2.28. The largest absolute Gasteiger partial charge is 0.387 e. The summed E-state index contributed by atoms with van der Waals surface area (Å²) in [6.45, 7) is 0.714. The van der Waals surface area contributed by atoms with Crippen molar-refractivity contribution in [3.63, 3.8) is 0 Å². The Hall–Kier alpha value is -1.07. The molecule has 0 radical (unpaired) electrons. The molecule has 1 aromatic carbocycles. The van der Waals surface area contributed by atoms with E-state index in [9.17, 15) is 18.3 Å². The first-order valence-electron chi connectivity index (χ1n) is 5.15. The highest BCUT2D eigenvalue weighted by molar-refractivity contribution is 5.24. The summed E-state index contributed by atoms with van der Waals surface area (Å²) in [5.74, 6) is -3.07. The van der Waals surface area contributed by atoms with E-state index in [-0.39, 0.29) is 6.04 Å². The number of aliphatic hydroxyl groups is 1. The van der Waals surface area contributed by atoms with E-state index >= 15 is 0 Å². The van der Waals surface area contributed by atoms with Crippen LogP contribution >= 0.6 is 0 Å². The highest BCUT2D eigenvalue weighted by atomic mass is 19.1. The molecule has 2 N–H and O–H groups in total. The molecule has 0 amide bonds. The van der Waals surface area contributed by atoms with Crippen molar-refractivity contribution in [1.82, 2.24) is 5.32 Å². The fraction of sp³-hybridized carbons (Fsp3) is 0.455. The van der Waals surface area contributed by atoms with E-state index in [0.29, 0.717) is 25.1 Å². The molecule has 1 aliphatic rings. The molecule has 0 saturated carbocycles. The van der Waals surface area contributed by atoms with Crippen molar-refractivity contribution in [3.05, 3.63) is 35.1 Å². The minimum Gasteiger partial charge on any atom is -0.387 e. The van der Waals surface area contributed by atoms with Gasteiger partial charge in [-0.25, -0.2) is 13.2 Å². The summed E-state index contributed by atoms with van der Waals surface area (Å²) >= 11 is 0. The van der Waals surface area contributed by atoms with Crippen molar-refractivity contribution >= 4 is 0 Å². The maximum absolute atomic E-state index is 13.3. The first kappa shape index (κ1) is 11.4. The molecule has 2 nitrogen and oxygen atoms in total. The van der Waals surface area contributed by atoms with Gasteiger partial charge in [0.1, 0.15) is 17.5 Å². The van der Waals surface area contributed by atoms with Crippen LogP contribution in [-0.4, -0.2) is 17.7 Å². The zero-order valence-corrected chi connectivity index (χ0v) is 8.51. The second-order valence-corrected chi connectivity index (χ2v) is 3.93. The third-order valence-corrected chi connectivity index (χ3v) is 2.82. The standard InChI is InChI=1S/C11H12F3NO/c12-6-4-7(13)10(8(14)5-6)11(16)9-2-1-3-15-9/h4-5,9,11,15-16H,1-3H2. The van der Waals surface area contributed by atoms with Gasteiger partial charge in [0.15, 0.2) is 0 Å². The van der Waals surface area contributed by atoms with Gasteiger partial charge >= 0.3 is 0 Å². The molecule has 0 bridgehead atoms. The molecule has 2 unspecified atom stereocenters. The Bertz CT molecular complexity index is 368. The predicted octanol–water partition coefficient (Wildman–Crippen LogP) is 1.89. The molecule has 1 aromatic rings. The van der Waals surface area contributed by atoms with Crippen molar-refractivity contribution < 1.29 is 18.3 Å². The fourth-order valence-corrected chi connectivity index (χ4v) is 2.02. The van der Waals surface area contributed by atoms with Crippen LogP contribution in [0.3, 0.4) is 0 Å². The lowest BCUT2D eigenvalue weighted by atomic mass is 10.00. The average molecular weight is 231 g/mol. The lowest BCUT2D eigenvalue weighted by Gasteiger charge is -2.19. The van der Waals surface area contributed by atoms with E-state index in [1.165, 1.54) is 0 Å². The van der Waals surface area contributed by atoms with Gasteiger partial charge in [-0.15, -0.1) is 0 Å². The molecule has 1 fully saturated rings. The Kier molecular flexibility index (Phi) is 3.16. The number of rotatable bonds is 2. The molecule has 0 aliphatic carbocycles. The normalized spacial score (nSPS) is 22.4. The first-order valence-corrected chi connectivity index (χ1v) is 5.15. The van der Waals surface area contributed by atoms with Crippen LogP contribution in [0.1, 0.15) is 24.5 Å². The number of hydrogen-bond donors (Lipinski definition) is 2. The molecule has 5 heteroatoms. The SMILES string of the molecule is OC(c1c(F)cc(F)cc1F)C1CCCN1. The zero-order chi connectivity index (χ0) is 11.7. The molecule has 1 heterocycles. The number of aliphatic hydroxyl groups excluding tert-OH is 1. The third kappa shape index (κ3) is 2.05. The maximum atomic E-state index is 13.3. The topological polar surface area (TPSA) is 32.3 Å². The van der Waals surface area contributed by atoms with E-state index in [4.69, 9.17) is 0 Å². The number of hydrogen-bond acceptors (Lipinski definition) is 2. The van der Waals surface area contributed by atoms with Gasteiger partial charge in [0, 0.05) is 18.2 Å². The summed E-state index contributed by atoms with van der Waals surface area (Å²) in [5.41, 5.74) is -0.458. The quantitative estimate of drug-likeness (QED) is 0.814. The van der Waals surface area contributed by atoms with Crippen LogP contribution in [0.5, 0.6) is 0 Å². The van der Waals surface area contributed by atoms with Crippen molar-refractivity contribution in [2.75, 3.05) is 6.54 Å². The van der Waals surface area contributed by atoms with E-state index < -0.39 is 29.1 Å². The lowest BCUT2D eigenvalue weighted by Crippen LogP contribution is -2.30. The first-order chi connectivity index (χ1) is 7.59. The van der Waals surface area contributed by atoms with E-state index in [2.05, 4.69) is 5.32 Å². The summed E-state index contributed by atoms with van der Waals surface area (Å²) in [4.78, 5) is 0. The minimum atomic E-state index is -1.27. The number of halogens is 3. The molecule has 16 heavy (non-hydrogen) atoms. The highest BCUT2D eigenvalue weighted by Crippen LogP contribution is 2.27. The van der Waals surface area contributed by atoms with Gasteiger partial charge in [0.2, 0.25) is 0 Å². The average Bonchev–Trinajstić information content (AvgIpc) is 2.67. The number of benzene rings is 1. The second kappa shape index (κ2) is 4.43. The Balaban J connectivity index is 2.31. The zero-order valence-electron chi connectivity index (χ0n) is 8.51. The van der Waals surface area contributed by atoms with E-state index in [1.807, 2.05) is 0 Å². The summed E-state index contributed by atoms with van der Waals surface area (Å²) in [6.07, 6.45) is 0.229. The Morgan fingerprint density at radius 1 is 1.25 bits per heavy atom. The molecule has 0 aromatic heterocycles. The van der Waals surface area contributed by atoms with Crippen LogP contribution in [0.25, 0.3) is 0 Å². The Morgan fingerprint density at radius 3 is 2.38 bits per heavy atom. The second-order valence-electron chi connectivity index (χ2n) is 3.93. The van der Waals surface area contributed by atoms with Crippen LogP contribution in [0.2, 0.25) is 0 Å². The molecule has 88 valence electrons. The van der Waals surface area contributed by atoms with Crippen LogP contribution in [-0.2, 0) is 0 Å². The molecule has 0 spiro atoms.